The third kappa shape index (κ3) is 4.67. The third-order valence-corrected chi connectivity index (χ3v) is 3.58. The van der Waals surface area contributed by atoms with Gasteiger partial charge in [-0.15, -0.1) is 11.8 Å². The molecule has 0 aromatic heterocycles. The van der Waals surface area contributed by atoms with Crippen LogP contribution in [0.2, 0.25) is 0 Å². The summed E-state index contributed by atoms with van der Waals surface area (Å²) >= 11 is 0. The molecule has 0 amide bonds. The Balaban J connectivity index is 2.61. The maximum atomic E-state index is 5.92. The second kappa shape index (κ2) is 8.52. The summed E-state index contributed by atoms with van der Waals surface area (Å²) in [5.74, 6) is 12.3. The van der Waals surface area contributed by atoms with E-state index in [9.17, 15) is 0 Å². The van der Waals surface area contributed by atoms with Gasteiger partial charge in [0.05, 0.1) is 12.1 Å². The lowest BCUT2D eigenvalue weighted by molar-refractivity contribution is -0.0165. The van der Waals surface area contributed by atoms with Gasteiger partial charge in [-0.1, -0.05) is 19.3 Å². The van der Waals surface area contributed by atoms with Crippen molar-refractivity contribution in [3.63, 3.8) is 0 Å². The average Bonchev–Trinajstić information content (AvgIpc) is 2.39. The highest BCUT2D eigenvalue weighted by Gasteiger charge is 2.30. The van der Waals surface area contributed by atoms with E-state index in [1.54, 1.807) is 0 Å². The predicted octanol–water partition coefficient (Wildman–Crippen LogP) is 2.22. The summed E-state index contributed by atoms with van der Waals surface area (Å²) in [6.07, 6.45) is 7.53. The molecule has 3 N–H and O–H groups in total. The lowest BCUT2D eigenvalue weighted by atomic mass is 9.82. The molecule has 0 heterocycles. The van der Waals surface area contributed by atoms with E-state index in [1.165, 1.54) is 32.1 Å². The van der Waals surface area contributed by atoms with Crippen molar-refractivity contribution < 1.29 is 4.74 Å². The Labute approximate surface area is 105 Å². The molecule has 1 fully saturated rings. The first-order chi connectivity index (χ1) is 8.33. The van der Waals surface area contributed by atoms with Crippen LogP contribution < -0.4 is 11.3 Å². The van der Waals surface area contributed by atoms with Gasteiger partial charge in [0, 0.05) is 13.0 Å². The molecular formula is C14H26N2O. The van der Waals surface area contributed by atoms with Gasteiger partial charge in [0.1, 0.15) is 0 Å². The standard InChI is InChI=1S/C14H26N2O/c1-3-5-11-13(16-15)14(17-4-2)12-9-7-6-8-10-12/h12-14,16H,4,6-11,15H2,1-2H3. The Morgan fingerprint density at radius 2 is 2.06 bits per heavy atom. The van der Waals surface area contributed by atoms with Gasteiger partial charge in [-0.05, 0) is 32.6 Å². The molecule has 1 saturated carbocycles. The zero-order chi connectivity index (χ0) is 12.5. The molecule has 1 rings (SSSR count). The summed E-state index contributed by atoms with van der Waals surface area (Å²) in [6, 6.07) is 0.158. The first-order valence-corrected chi connectivity index (χ1v) is 6.80. The van der Waals surface area contributed by atoms with E-state index < -0.39 is 0 Å². The first kappa shape index (κ1) is 14.5. The van der Waals surface area contributed by atoms with E-state index in [-0.39, 0.29) is 12.1 Å². The molecule has 0 aliphatic heterocycles. The van der Waals surface area contributed by atoms with Gasteiger partial charge < -0.3 is 4.74 Å². The third-order valence-electron chi connectivity index (χ3n) is 3.58. The van der Waals surface area contributed by atoms with Gasteiger partial charge in [0.2, 0.25) is 0 Å². The Bertz CT molecular complexity index is 251. The van der Waals surface area contributed by atoms with E-state index >= 15 is 0 Å². The Morgan fingerprint density at radius 1 is 1.35 bits per heavy atom. The maximum Gasteiger partial charge on any atom is 0.0778 e. The topological polar surface area (TPSA) is 47.3 Å². The molecule has 0 spiro atoms. The zero-order valence-electron chi connectivity index (χ0n) is 11.2. The Morgan fingerprint density at radius 3 is 2.59 bits per heavy atom. The molecule has 0 bridgehead atoms. The summed E-state index contributed by atoms with van der Waals surface area (Å²) in [4.78, 5) is 0. The Kier molecular flexibility index (Phi) is 7.27. The summed E-state index contributed by atoms with van der Waals surface area (Å²) < 4.78 is 5.92. The number of ether oxygens (including phenoxy) is 1. The van der Waals surface area contributed by atoms with Gasteiger partial charge in [-0.25, -0.2) is 0 Å². The van der Waals surface area contributed by atoms with Crippen molar-refractivity contribution in [3.8, 4) is 11.8 Å². The van der Waals surface area contributed by atoms with Crippen molar-refractivity contribution in [1.82, 2.24) is 5.43 Å². The molecule has 17 heavy (non-hydrogen) atoms. The Hall–Kier alpha value is -0.560. The molecule has 0 aromatic rings. The molecule has 3 heteroatoms. The van der Waals surface area contributed by atoms with Gasteiger partial charge in [0.15, 0.2) is 0 Å². The van der Waals surface area contributed by atoms with Crippen LogP contribution in [0.25, 0.3) is 0 Å². The number of hydrazine groups is 1. The number of hydrogen-bond acceptors (Lipinski definition) is 3. The number of rotatable bonds is 6. The lowest BCUT2D eigenvalue weighted by Gasteiger charge is -2.34. The van der Waals surface area contributed by atoms with E-state index in [0.29, 0.717) is 5.92 Å². The highest BCUT2D eigenvalue weighted by molar-refractivity contribution is 5.00. The van der Waals surface area contributed by atoms with Crippen LogP contribution in [0.4, 0.5) is 0 Å². The number of hydrogen-bond donors (Lipinski definition) is 2. The van der Waals surface area contributed by atoms with Gasteiger partial charge >= 0.3 is 0 Å². The van der Waals surface area contributed by atoms with Crippen LogP contribution in [0.3, 0.4) is 0 Å². The monoisotopic (exact) mass is 238 g/mol. The van der Waals surface area contributed by atoms with Gasteiger partial charge in [0.25, 0.3) is 0 Å². The maximum absolute atomic E-state index is 5.92. The lowest BCUT2D eigenvalue weighted by Crippen LogP contribution is -2.48. The molecule has 0 radical (unpaired) electrons. The number of nitrogens with two attached hydrogens (primary N) is 1. The average molecular weight is 238 g/mol. The van der Waals surface area contributed by atoms with Crippen molar-refractivity contribution in [2.75, 3.05) is 6.61 Å². The zero-order valence-corrected chi connectivity index (χ0v) is 11.2. The van der Waals surface area contributed by atoms with E-state index in [4.69, 9.17) is 10.6 Å². The quantitative estimate of drug-likeness (QED) is 0.424. The summed E-state index contributed by atoms with van der Waals surface area (Å²) in [5, 5.41) is 0. The molecule has 2 unspecified atom stereocenters. The predicted molar refractivity (Wildman–Crippen MR) is 71.2 cm³/mol. The van der Waals surface area contributed by atoms with E-state index in [2.05, 4.69) is 24.2 Å². The second-order valence-electron chi connectivity index (χ2n) is 4.72. The fourth-order valence-corrected chi connectivity index (χ4v) is 2.72. The summed E-state index contributed by atoms with van der Waals surface area (Å²) in [7, 11) is 0. The van der Waals surface area contributed by atoms with Crippen molar-refractivity contribution >= 4 is 0 Å². The molecule has 0 aromatic carbocycles. The van der Waals surface area contributed by atoms with Crippen LogP contribution in [-0.2, 0) is 4.74 Å². The highest BCUT2D eigenvalue weighted by atomic mass is 16.5. The van der Waals surface area contributed by atoms with Crippen LogP contribution in [0, 0.1) is 17.8 Å². The van der Waals surface area contributed by atoms with Crippen LogP contribution in [0.5, 0.6) is 0 Å². The minimum Gasteiger partial charge on any atom is -0.377 e. The van der Waals surface area contributed by atoms with Crippen molar-refractivity contribution in [2.45, 2.75) is 64.5 Å². The summed E-state index contributed by atoms with van der Waals surface area (Å²) in [6.45, 7) is 4.66. The van der Waals surface area contributed by atoms with Gasteiger partial charge in [-0.3, -0.25) is 11.3 Å². The first-order valence-electron chi connectivity index (χ1n) is 6.80. The van der Waals surface area contributed by atoms with Crippen molar-refractivity contribution in [2.24, 2.45) is 11.8 Å². The molecule has 2 atom stereocenters. The normalized spacial score (nSPS) is 20.4. The molecule has 98 valence electrons. The SMILES string of the molecule is CC#CCC(NN)C(OCC)C1CCCCC1. The molecule has 0 saturated heterocycles. The van der Waals surface area contributed by atoms with Gasteiger partial charge in [-0.2, -0.15) is 0 Å². The fourth-order valence-electron chi connectivity index (χ4n) is 2.72. The van der Waals surface area contributed by atoms with Crippen LogP contribution in [-0.4, -0.2) is 18.8 Å². The minimum atomic E-state index is 0.158. The van der Waals surface area contributed by atoms with E-state index in [0.717, 1.165) is 13.0 Å². The van der Waals surface area contributed by atoms with Crippen molar-refractivity contribution in [1.29, 1.82) is 0 Å². The fraction of sp³-hybridized carbons (Fsp3) is 0.857. The minimum absolute atomic E-state index is 0.158. The highest BCUT2D eigenvalue weighted by Crippen LogP contribution is 2.30. The molecule has 3 nitrogen and oxygen atoms in total. The van der Waals surface area contributed by atoms with Crippen LogP contribution >= 0.6 is 0 Å². The van der Waals surface area contributed by atoms with E-state index in [1.807, 2.05) is 6.92 Å². The second-order valence-corrected chi connectivity index (χ2v) is 4.72. The summed E-state index contributed by atoms with van der Waals surface area (Å²) in [5.41, 5.74) is 2.89. The van der Waals surface area contributed by atoms with Crippen LogP contribution in [0.1, 0.15) is 52.4 Å². The molecular weight excluding hydrogens is 212 g/mol. The molecule has 1 aliphatic rings. The van der Waals surface area contributed by atoms with Crippen molar-refractivity contribution in [3.05, 3.63) is 0 Å². The largest absolute Gasteiger partial charge is 0.377 e. The smallest absolute Gasteiger partial charge is 0.0778 e. The van der Waals surface area contributed by atoms with Crippen LogP contribution in [0.15, 0.2) is 0 Å². The molecule has 1 aliphatic carbocycles. The number of nitrogens with one attached hydrogen (secondary N) is 1.